The zero-order valence-corrected chi connectivity index (χ0v) is 8.22. The standard InChI is InChI=1S/C9H19NO2/c1-4-5-6-9(7-12-3)10-8(2)11/h9H,4-7H2,1-3H3,(H,10,11)/t9-/m0/s1. The van der Waals surface area contributed by atoms with Gasteiger partial charge in [-0.25, -0.2) is 0 Å². The fourth-order valence-electron chi connectivity index (χ4n) is 1.14. The van der Waals surface area contributed by atoms with E-state index in [4.69, 9.17) is 4.74 Å². The lowest BCUT2D eigenvalue weighted by Gasteiger charge is -2.15. The van der Waals surface area contributed by atoms with Crippen molar-refractivity contribution < 1.29 is 9.53 Å². The van der Waals surface area contributed by atoms with Crippen molar-refractivity contribution in [3.63, 3.8) is 0 Å². The molecule has 0 aromatic heterocycles. The van der Waals surface area contributed by atoms with Gasteiger partial charge in [-0.05, 0) is 6.42 Å². The lowest BCUT2D eigenvalue weighted by molar-refractivity contribution is -0.120. The quantitative estimate of drug-likeness (QED) is 0.658. The van der Waals surface area contributed by atoms with Gasteiger partial charge in [0.05, 0.1) is 12.6 Å². The van der Waals surface area contributed by atoms with Gasteiger partial charge in [-0.3, -0.25) is 4.79 Å². The molecule has 1 N–H and O–H groups in total. The minimum atomic E-state index is 0.0214. The van der Waals surface area contributed by atoms with Crippen LogP contribution in [0.2, 0.25) is 0 Å². The number of nitrogens with one attached hydrogen (secondary N) is 1. The molecule has 0 aliphatic heterocycles. The highest BCUT2D eigenvalue weighted by atomic mass is 16.5. The molecule has 0 spiro atoms. The van der Waals surface area contributed by atoms with Crippen molar-refractivity contribution in [1.29, 1.82) is 0 Å². The minimum Gasteiger partial charge on any atom is -0.383 e. The van der Waals surface area contributed by atoms with Crippen LogP contribution in [-0.4, -0.2) is 25.7 Å². The van der Waals surface area contributed by atoms with Gasteiger partial charge < -0.3 is 10.1 Å². The van der Waals surface area contributed by atoms with Crippen molar-refractivity contribution in [1.82, 2.24) is 5.32 Å². The fraction of sp³-hybridized carbons (Fsp3) is 0.889. The molecule has 12 heavy (non-hydrogen) atoms. The Labute approximate surface area is 74.5 Å². The summed E-state index contributed by atoms with van der Waals surface area (Å²) in [6, 6.07) is 0.187. The van der Waals surface area contributed by atoms with E-state index >= 15 is 0 Å². The van der Waals surface area contributed by atoms with Gasteiger partial charge in [0.25, 0.3) is 0 Å². The molecule has 0 aromatic rings. The molecule has 1 atom stereocenters. The van der Waals surface area contributed by atoms with Gasteiger partial charge in [0.15, 0.2) is 0 Å². The number of carbonyl (C=O) groups excluding carboxylic acids is 1. The summed E-state index contributed by atoms with van der Waals surface area (Å²) in [6.45, 7) is 4.28. The average molecular weight is 173 g/mol. The highest BCUT2D eigenvalue weighted by Crippen LogP contribution is 2.00. The van der Waals surface area contributed by atoms with Crippen LogP contribution >= 0.6 is 0 Å². The summed E-state index contributed by atoms with van der Waals surface area (Å²) in [7, 11) is 1.65. The molecule has 0 bridgehead atoms. The summed E-state index contributed by atoms with van der Waals surface area (Å²) >= 11 is 0. The second-order valence-corrected chi connectivity index (χ2v) is 3.00. The molecule has 3 nitrogen and oxygen atoms in total. The third-order valence-corrected chi connectivity index (χ3v) is 1.68. The van der Waals surface area contributed by atoms with E-state index in [1.54, 1.807) is 7.11 Å². The van der Waals surface area contributed by atoms with E-state index in [1.165, 1.54) is 6.92 Å². The van der Waals surface area contributed by atoms with Crippen molar-refractivity contribution in [3.8, 4) is 0 Å². The van der Waals surface area contributed by atoms with Gasteiger partial charge in [-0.2, -0.15) is 0 Å². The number of unbranched alkanes of at least 4 members (excludes halogenated alkanes) is 1. The maximum atomic E-state index is 10.7. The molecule has 72 valence electrons. The minimum absolute atomic E-state index is 0.0214. The van der Waals surface area contributed by atoms with Crippen molar-refractivity contribution in [3.05, 3.63) is 0 Å². The second-order valence-electron chi connectivity index (χ2n) is 3.00. The van der Waals surface area contributed by atoms with E-state index in [2.05, 4.69) is 12.2 Å². The molecule has 1 amide bonds. The Kier molecular flexibility index (Phi) is 6.76. The monoisotopic (exact) mass is 173 g/mol. The number of hydrogen-bond acceptors (Lipinski definition) is 2. The maximum absolute atomic E-state index is 10.7. The fourth-order valence-corrected chi connectivity index (χ4v) is 1.14. The Morgan fingerprint density at radius 1 is 1.58 bits per heavy atom. The summed E-state index contributed by atoms with van der Waals surface area (Å²) < 4.78 is 4.99. The molecule has 3 heteroatoms. The van der Waals surface area contributed by atoms with Gasteiger partial charge in [-0.1, -0.05) is 19.8 Å². The molecule has 0 radical (unpaired) electrons. The van der Waals surface area contributed by atoms with Crippen LogP contribution in [0.5, 0.6) is 0 Å². The van der Waals surface area contributed by atoms with E-state index in [0.29, 0.717) is 6.61 Å². The molecule has 0 saturated heterocycles. The number of methoxy groups -OCH3 is 1. The zero-order valence-electron chi connectivity index (χ0n) is 8.22. The third kappa shape index (κ3) is 6.16. The number of rotatable bonds is 6. The van der Waals surface area contributed by atoms with E-state index in [1.807, 2.05) is 0 Å². The SMILES string of the molecule is CCCC[C@@H](COC)NC(C)=O. The van der Waals surface area contributed by atoms with Crippen LogP contribution in [-0.2, 0) is 9.53 Å². The number of hydrogen-bond donors (Lipinski definition) is 1. The predicted octanol–water partition coefficient (Wildman–Crippen LogP) is 1.33. The van der Waals surface area contributed by atoms with E-state index in [-0.39, 0.29) is 11.9 Å². The van der Waals surface area contributed by atoms with Gasteiger partial charge in [0, 0.05) is 14.0 Å². The molecular weight excluding hydrogens is 154 g/mol. The first kappa shape index (κ1) is 11.4. The van der Waals surface area contributed by atoms with Crippen LogP contribution in [0.4, 0.5) is 0 Å². The predicted molar refractivity (Wildman–Crippen MR) is 49.0 cm³/mol. The Morgan fingerprint density at radius 3 is 2.67 bits per heavy atom. The average Bonchev–Trinajstić information content (AvgIpc) is 2.00. The molecule has 0 unspecified atom stereocenters. The van der Waals surface area contributed by atoms with Crippen molar-refractivity contribution in [2.45, 2.75) is 39.2 Å². The summed E-state index contributed by atoms with van der Waals surface area (Å²) in [5.74, 6) is 0.0214. The van der Waals surface area contributed by atoms with Crippen molar-refractivity contribution in [2.24, 2.45) is 0 Å². The smallest absolute Gasteiger partial charge is 0.217 e. The molecule has 0 aliphatic rings. The molecule has 0 saturated carbocycles. The summed E-state index contributed by atoms with van der Waals surface area (Å²) in [5.41, 5.74) is 0. The van der Waals surface area contributed by atoms with Gasteiger partial charge in [-0.15, -0.1) is 0 Å². The van der Waals surface area contributed by atoms with Crippen LogP contribution in [0.3, 0.4) is 0 Å². The van der Waals surface area contributed by atoms with Crippen molar-refractivity contribution in [2.75, 3.05) is 13.7 Å². The largest absolute Gasteiger partial charge is 0.383 e. The first-order valence-electron chi connectivity index (χ1n) is 4.46. The number of ether oxygens (including phenoxy) is 1. The summed E-state index contributed by atoms with van der Waals surface area (Å²) in [6.07, 6.45) is 3.29. The number of amides is 1. The Balaban J connectivity index is 3.61. The highest BCUT2D eigenvalue weighted by molar-refractivity contribution is 5.73. The Bertz CT molecular complexity index is 126. The van der Waals surface area contributed by atoms with Crippen molar-refractivity contribution >= 4 is 5.91 Å². The Hall–Kier alpha value is -0.570. The molecule has 0 fully saturated rings. The molecule has 0 aliphatic carbocycles. The van der Waals surface area contributed by atoms with Gasteiger partial charge >= 0.3 is 0 Å². The second kappa shape index (κ2) is 7.10. The number of carbonyl (C=O) groups is 1. The normalized spacial score (nSPS) is 12.6. The van der Waals surface area contributed by atoms with E-state index in [9.17, 15) is 4.79 Å². The van der Waals surface area contributed by atoms with Crippen LogP contribution in [0.15, 0.2) is 0 Å². The zero-order chi connectivity index (χ0) is 9.40. The molecule has 0 aromatic carbocycles. The lowest BCUT2D eigenvalue weighted by Crippen LogP contribution is -2.36. The van der Waals surface area contributed by atoms with Crippen LogP contribution < -0.4 is 5.32 Å². The van der Waals surface area contributed by atoms with Crippen LogP contribution in [0.25, 0.3) is 0 Å². The highest BCUT2D eigenvalue weighted by Gasteiger charge is 2.07. The summed E-state index contributed by atoms with van der Waals surface area (Å²) in [4.78, 5) is 10.7. The third-order valence-electron chi connectivity index (χ3n) is 1.68. The lowest BCUT2D eigenvalue weighted by atomic mass is 10.1. The topological polar surface area (TPSA) is 38.3 Å². The molecular formula is C9H19NO2. The summed E-state index contributed by atoms with van der Waals surface area (Å²) in [5, 5.41) is 2.85. The van der Waals surface area contributed by atoms with Crippen LogP contribution in [0, 0.1) is 0 Å². The molecule has 0 heterocycles. The Morgan fingerprint density at radius 2 is 2.25 bits per heavy atom. The van der Waals surface area contributed by atoms with E-state index < -0.39 is 0 Å². The van der Waals surface area contributed by atoms with Crippen LogP contribution in [0.1, 0.15) is 33.1 Å². The van der Waals surface area contributed by atoms with E-state index in [0.717, 1.165) is 19.3 Å². The maximum Gasteiger partial charge on any atom is 0.217 e. The first-order valence-corrected chi connectivity index (χ1v) is 4.46. The first-order chi connectivity index (χ1) is 5.70. The van der Waals surface area contributed by atoms with Gasteiger partial charge in [0.1, 0.15) is 0 Å². The molecule has 0 rings (SSSR count). The van der Waals surface area contributed by atoms with Gasteiger partial charge in [0.2, 0.25) is 5.91 Å².